The molecule has 0 bridgehead atoms. The Morgan fingerprint density at radius 2 is 2.12 bits per heavy atom. The number of nitrogens with zero attached hydrogens (tertiary/aromatic N) is 3. The molecule has 0 fully saturated rings. The van der Waals surface area contributed by atoms with E-state index in [0.717, 1.165) is 21.0 Å². The quantitative estimate of drug-likeness (QED) is 0.644. The number of ether oxygens (including phenoxy) is 1. The van der Waals surface area contributed by atoms with Crippen LogP contribution >= 0.6 is 22.6 Å². The number of rotatable bonds is 4. The van der Waals surface area contributed by atoms with Gasteiger partial charge in [-0.2, -0.15) is 5.10 Å². The van der Waals surface area contributed by atoms with E-state index in [0.29, 0.717) is 6.54 Å². The highest BCUT2D eigenvalue weighted by molar-refractivity contribution is 14.1. The average molecular weight is 447 g/mol. The minimum atomic E-state index is -0.505. The van der Waals surface area contributed by atoms with Gasteiger partial charge in [-0.25, -0.2) is 9.18 Å². The number of carbonyl (C=O) groups is 1. The lowest BCUT2D eigenvalue weighted by Crippen LogP contribution is -2.35. The molecule has 2 aromatic rings. The van der Waals surface area contributed by atoms with Crippen molar-refractivity contribution >= 4 is 39.6 Å². The van der Waals surface area contributed by atoms with Crippen LogP contribution in [0.1, 0.15) is 40.2 Å². The predicted octanol–water partition coefficient (Wildman–Crippen LogP) is 4.60. The smallest absolute Gasteiger partial charge is 0.410 e. The van der Waals surface area contributed by atoms with Gasteiger partial charge in [0.25, 0.3) is 0 Å². The van der Waals surface area contributed by atoms with Crippen LogP contribution in [0.2, 0.25) is 0 Å². The van der Waals surface area contributed by atoms with Gasteiger partial charge in [0.1, 0.15) is 15.1 Å². The molecular formula is C17H23FIN3O2. The third kappa shape index (κ3) is 4.58. The van der Waals surface area contributed by atoms with Crippen LogP contribution in [0.5, 0.6) is 0 Å². The molecule has 0 aliphatic rings. The standard InChI is InChI=1S/C17H23FIN3O2/c1-11(8-9-21(5)16(23)24-17(2,3)4)22-14-7-6-12(18)10-13(14)15(19)20-22/h6-7,10-11H,8-9H2,1-5H3/t11-/m0/s1. The van der Waals surface area contributed by atoms with Crippen molar-refractivity contribution in [1.29, 1.82) is 0 Å². The second kappa shape index (κ2) is 7.25. The van der Waals surface area contributed by atoms with Crippen LogP contribution in [0.4, 0.5) is 9.18 Å². The van der Waals surface area contributed by atoms with E-state index >= 15 is 0 Å². The van der Waals surface area contributed by atoms with Crippen molar-refractivity contribution in [3.05, 3.63) is 27.7 Å². The molecule has 0 radical (unpaired) electrons. The fourth-order valence-electron chi connectivity index (χ4n) is 2.35. The highest BCUT2D eigenvalue weighted by Gasteiger charge is 2.21. The largest absolute Gasteiger partial charge is 0.444 e. The summed E-state index contributed by atoms with van der Waals surface area (Å²) in [4.78, 5) is 13.6. The van der Waals surface area contributed by atoms with Crippen LogP contribution < -0.4 is 0 Å². The average Bonchev–Trinajstić information content (AvgIpc) is 2.79. The Labute approximate surface area is 155 Å². The first-order valence-corrected chi connectivity index (χ1v) is 8.94. The number of carbonyl (C=O) groups excluding carboxylic acids is 1. The molecule has 0 unspecified atom stereocenters. The maximum atomic E-state index is 13.4. The molecule has 1 amide bonds. The number of halogens is 2. The first-order valence-electron chi connectivity index (χ1n) is 7.86. The van der Waals surface area contributed by atoms with Gasteiger partial charge < -0.3 is 9.64 Å². The summed E-state index contributed by atoms with van der Waals surface area (Å²) in [5.74, 6) is -0.266. The monoisotopic (exact) mass is 447 g/mol. The van der Waals surface area contributed by atoms with E-state index in [9.17, 15) is 9.18 Å². The van der Waals surface area contributed by atoms with Gasteiger partial charge in [-0.15, -0.1) is 0 Å². The van der Waals surface area contributed by atoms with Crippen molar-refractivity contribution in [2.45, 2.75) is 45.8 Å². The van der Waals surface area contributed by atoms with Crippen LogP contribution in [-0.4, -0.2) is 40.0 Å². The third-order valence-corrected chi connectivity index (χ3v) is 4.43. The molecule has 2 rings (SSSR count). The lowest BCUT2D eigenvalue weighted by atomic mass is 10.2. The van der Waals surface area contributed by atoms with Crippen LogP contribution in [0.3, 0.4) is 0 Å². The summed E-state index contributed by atoms with van der Waals surface area (Å²) in [6.45, 7) is 8.12. The van der Waals surface area contributed by atoms with Crippen molar-refractivity contribution < 1.29 is 13.9 Å². The van der Waals surface area contributed by atoms with Crippen molar-refractivity contribution in [2.24, 2.45) is 0 Å². The Morgan fingerprint density at radius 1 is 1.46 bits per heavy atom. The number of fused-ring (bicyclic) bond motifs is 1. The van der Waals surface area contributed by atoms with Crippen LogP contribution in [-0.2, 0) is 4.74 Å². The molecule has 5 nitrogen and oxygen atoms in total. The van der Waals surface area contributed by atoms with Crippen molar-refractivity contribution in [1.82, 2.24) is 14.7 Å². The van der Waals surface area contributed by atoms with E-state index in [1.54, 1.807) is 18.0 Å². The molecule has 24 heavy (non-hydrogen) atoms. The number of amides is 1. The zero-order chi connectivity index (χ0) is 18.1. The van der Waals surface area contributed by atoms with E-state index in [2.05, 4.69) is 27.7 Å². The lowest BCUT2D eigenvalue weighted by molar-refractivity contribution is 0.0291. The van der Waals surface area contributed by atoms with Gasteiger partial charge in [0.05, 0.1) is 11.6 Å². The van der Waals surface area contributed by atoms with E-state index in [-0.39, 0.29) is 18.0 Å². The fourth-order valence-corrected chi connectivity index (χ4v) is 3.01. The molecule has 0 saturated carbocycles. The van der Waals surface area contributed by atoms with Crippen LogP contribution in [0, 0.1) is 9.52 Å². The summed E-state index contributed by atoms with van der Waals surface area (Å²) < 4.78 is 21.4. The van der Waals surface area contributed by atoms with Gasteiger partial charge in [0, 0.05) is 19.0 Å². The van der Waals surface area contributed by atoms with Crippen molar-refractivity contribution in [3.8, 4) is 0 Å². The first-order chi connectivity index (χ1) is 11.1. The van der Waals surface area contributed by atoms with Crippen molar-refractivity contribution in [3.63, 3.8) is 0 Å². The van der Waals surface area contributed by atoms with E-state index in [4.69, 9.17) is 4.74 Å². The molecule has 1 atom stereocenters. The molecule has 0 saturated heterocycles. The summed E-state index contributed by atoms with van der Waals surface area (Å²) in [7, 11) is 1.72. The maximum Gasteiger partial charge on any atom is 0.410 e. The molecule has 132 valence electrons. The zero-order valence-electron chi connectivity index (χ0n) is 14.6. The van der Waals surface area contributed by atoms with Gasteiger partial charge in [0.2, 0.25) is 0 Å². The number of aromatic nitrogens is 2. The Kier molecular flexibility index (Phi) is 5.72. The summed E-state index contributed by atoms with van der Waals surface area (Å²) in [5, 5.41) is 5.32. The molecule has 7 heteroatoms. The first kappa shape index (κ1) is 19.0. The third-order valence-electron chi connectivity index (χ3n) is 3.63. The molecule has 1 heterocycles. The molecule has 1 aromatic heterocycles. The second-order valence-corrected chi connectivity index (χ2v) is 7.96. The van der Waals surface area contributed by atoms with Gasteiger partial charge in [-0.1, -0.05) is 0 Å². The van der Waals surface area contributed by atoms with Gasteiger partial charge in [-0.05, 0) is 74.9 Å². The minimum absolute atomic E-state index is 0.0753. The van der Waals surface area contributed by atoms with E-state index in [1.165, 1.54) is 12.1 Å². The normalized spacial score (nSPS) is 13.1. The predicted molar refractivity (Wildman–Crippen MR) is 101 cm³/mol. The molecule has 0 aliphatic carbocycles. The number of benzene rings is 1. The minimum Gasteiger partial charge on any atom is -0.444 e. The SMILES string of the molecule is C[C@@H](CCN(C)C(=O)OC(C)(C)C)n1nc(I)c2cc(F)ccc21. The van der Waals surface area contributed by atoms with Crippen molar-refractivity contribution in [2.75, 3.05) is 13.6 Å². The highest BCUT2D eigenvalue weighted by atomic mass is 127. The maximum absolute atomic E-state index is 13.4. The molecular weight excluding hydrogens is 424 g/mol. The Balaban J connectivity index is 2.05. The van der Waals surface area contributed by atoms with E-state index in [1.807, 2.05) is 32.4 Å². The topological polar surface area (TPSA) is 47.4 Å². The highest BCUT2D eigenvalue weighted by Crippen LogP contribution is 2.25. The number of hydrogen-bond acceptors (Lipinski definition) is 3. The van der Waals surface area contributed by atoms with Gasteiger partial charge >= 0.3 is 6.09 Å². The summed E-state index contributed by atoms with van der Waals surface area (Å²) in [6, 6.07) is 4.76. The van der Waals surface area contributed by atoms with E-state index < -0.39 is 5.60 Å². The lowest BCUT2D eigenvalue weighted by Gasteiger charge is -2.25. The Hall–Kier alpha value is -1.38. The Morgan fingerprint density at radius 3 is 2.75 bits per heavy atom. The number of hydrogen-bond donors (Lipinski definition) is 0. The molecule has 0 aliphatic heterocycles. The van der Waals surface area contributed by atoms with Gasteiger partial charge in [0.15, 0.2) is 0 Å². The zero-order valence-corrected chi connectivity index (χ0v) is 16.8. The van der Waals surface area contributed by atoms with Crippen LogP contribution in [0.25, 0.3) is 10.9 Å². The summed E-state index contributed by atoms with van der Waals surface area (Å²) in [5.41, 5.74) is 0.392. The summed E-state index contributed by atoms with van der Waals surface area (Å²) >= 11 is 2.11. The summed E-state index contributed by atoms with van der Waals surface area (Å²) in [6.07, 6.45) is 0.386. The van der Waals surface area contributed by atoms with Crippen LogP contribution in [0.15, 0.2) is 18.2 Å². The molecule has 0 spiro atoms. The Bertz CT molecular complexity index is 739. The molecule has 0 N–H and O–H groups in total. The van der Waals surface area contributed by atoms with Gasteiger partial charge in [-0.3, -0.25) is 4.68 Å². The molecule has 1 aromatic carbocycles. The fraction of sp³-hybridized carbons (Fsp3) is 0.529. The second-order valence-electron chi connectivity index (χ2n) is 6.94.